The van der Waals surface area contributed by atoms with Crippen LogP contribution in [0.4, 0.5) is 0 Å². The summed E-state index contributed by atoms with van der Waals surface area (Å²) in [5, 5.41) is 3.18. The highest BCUT2D eigenvalue weighted by Gasteiger charge is 2.27. The minimum Gasteiger partial charge on any atom is -0.380 e. The first-order chi connectivity index (χ1) is 9.26. The van der Waals surface area contributed by atoms with Crippen molar-refractivity contribution in [2.24, 2.45) is 5.92 Å². The Balaban J connectivity index is 2.08. The summed E-state index contributed by atoms with van der Waals surface area (Å²) >= 11 is 0. The fraction of sp³-hybridized carbons (Fsp3) is 0.533. The van der Waals surface area contributed by atoms with E-state index < -0.39 is 0 Å². The molecule has 0 spiro atoms. The fourth-order valence-corrected chi connectivity index (χ4v) is 2.65. The van der Waals surface area contributed by atoms with E-state index in [0.717, 1.165) is 37.2 Å². The van der Waals surface area contributed by atoms with Gasteiger partial charge < -0.3 is 15.0 Å². The van der Waals surface area contributed by atoms with E-state index in [1.165, 1.54) is 0 Å². The highest BCUT2D eigenvalue weighted by atomic mass is 16.5. The lowest BCUT2D eigenvalue weighted by atomic mass is 10.1. The number of carbonyl (C=O) groups excluding carboxylic acids is 1. The predicted octanol–water partition coefficient (Wildman–Crippen LogP) is 1.51. The molecule has 1 saturated heterocycles. The van der Waals surface area contributed by atoms with Gasteiger partial charge in [0.05, 0.1) is 6.61 Å². The topological polar surface area (TPSA) is 41.6 Å². The molecule has 1 unspecified atom stereocenters. The second-order valence-corrected chi connectivity index (χ2v) is 5.05. The summed E-state index contributed by atoms with van der Waals surface area (Å²) in [5.41, 5.74) is 1.74. The highest BCUT2D eigenvalue weighted by molar-refractivity contribution is 5.95. The summed E-state index contributed by atoms with van der Waals surface area (Å²) < 4.78 is 5.16. The van der Waals surface area contributed by atoms with Gasteiger partial charge in [0.2, 0.25) is 0 Å². The van der Waals surface area contributed by atoms with E-state index in [2.05, 4.69) is 5.32 Å². The SMILES string of the molecule is CNCC1CCN(C(=O)c2ccccc2COC)C1. The monoisotopic (exact) mass is 262 g/mol. The number of hydrogen-bond acceptors (Lipinski definition) is 3. The molecule has 4 heteroatoms. The molecule has 19 heavy (non-hydrogen) atoms. The molecule has 1 aliphatic rings. The number of ether oxygens (including phenoxy) is 1. The largest absolute Gasteiger partial charge is 0.380 e. The third-order valence-electron chi connectivity index (χ3n) is 3.61. The van der Waals surface area contributed by atoms with Crippen LogP contribution in [0, 0.1) is 5.92 Å². The molecule has 2 rings (SSSR count). The molecule has 1 aromatic rings. The van der Waals surface area contributed by atoms with E-state index in [1.54, 1.807) is 7.11 Å². The summed E-state index contributed by atoms with van der Waals surface area (Å²) in [5.74, 6) is 0.704. The summed E-state index contributed by atoms with van der Waals surface area (Å²) in [4.78, 5) is 14.5. The summed E-state index contributed by atoms with van der Waals surface area (Å²) in [7, 11) is 3.61. The Morgan fingerprint density at radius 2 is 2.26 bits per heavy atom. The standard InChI is InChI=1S/C15H22N2O2/c1-16-9-12-7-8-17(10-12)15(18)14-6-4-3-5-13(14)11-19-2/h3-6,12,16H,7-11H2,1-2H3. The molecule has 1 aliphatic heterocycles. The normalized spacial score (nSPS) is 18.8. The van der Waals surface area contributed by atoms with Crippen molar-refractivity contribution in [1.29, 1.82) is 0 Å². The molecule has 1 atom stereocenters. The van der Waals surface area contributed by atoms with Gasteiger partial charge in [-0.3, -0.25) is 4.79 Å². The molecule has 0 aliphatic carbocycles. The molecule has 1 fully saturated rings. The van der Waals surface area contributed by atoms with Crippen molar-refractivity contribution in [2.45, 2.75) is 13.0 Å². The molecule has 1 aromatic carbocycles. The van der Waals surface area contributed by atoms with Gasteiger partial charge in [-0.2, -0.15) is 0 Å². The van der Waals surface area contributed by atoms with E-state index in [1.807, 2.05) is 36.2 Å². The fourth-order valence-electron chi connectivity index (χ4n) is 2.65. The minimum absolute atomic E-state index is 0.131. The summed E-state index contributed by atoms with van der Waals surface area (Å²) in [6.07, 6.45) is 1.08. The van der Waals surface area contributed by atoms with Gasteiger partial charge in [0.25, 0.3) is 5.91 Å². The second kappa shape index (κ2) is 6.68. The van der Waals surface area contributed by atoms with Gasteiger partial charge in [-0.05, 0) is 37.6 Å². The van der Waals surface area contributed by atoms with E-state index in [9.17, 15) is 4.79 Å². The average molecular weight is 262 g/mol. The van der Waals surface area contributed by atoms with Gasteiger partial charge in [-0.25, -0.2) is 0 Å². The van der Waals surface area contributed by atoms with Gasteiger partial charge in [-0.15, -0.1) is 0 Å². The Labute approximate surface area is 114 Å². The Hall–Kier alpha value is -1.39. The molecule has 1 amide bonds. The lowest BCUT2D eigenvalue weighted by Crippen LogP contribution is -2.31. The first kappa shape index (κ1) is 14.0. The zero-order valence-electron chi connectivity index (χ0n) is 11.7. The van der Waals surface area contributed by atoms with E-state index in [4.69, 9.17) is 4.74 Å². The molecule has 0 radical (unpaired) electrons. The van der Waals surface area contributed by atoms with Crippen molar-refractivity contribution < 1.29 is 9.53 Å². The summed E-state index contributed by atoms with van der Waals surface area (Å²) in [6.45, 7) is 3.16. The number of carbonyl (C=O) groups is 1. The second-order valence-electron chi connectivity index (χ2n) is 5.05. The van der Waals surface area contributed by atoms with E-state index >= 15 is 0 Å². The molecule has 0 bridgehead atoms. The van der Waals surface area contributed by atoms with Crippen molar-refractivity contribution in [2.75, 3.05) is 33.8 Å². The maximum Gasteiger partial charge on any atom is 0.254 e. The smallest absolute Gasteiger partial charge is 0.254 e. The number of nitrogens with zero attached hydrogens (tertiary/aromatic N) is 1. The third kappa shape index (κ3) is 3.33. The van der Waals surface area contributed by atoms with Crippen LogP contribution in [0.2, 0.25) is 0 Å². The van der Waals surface area contributed by atoms with Crippen LogP contribution in [-0.2, 0) is 11.3 Å². The Kier molecular flexibility index (Phi) is 4.93. The molecule has 1 N–H and O–H groups in total. The van der Waals surface area contributed by atoms with Crippen LogP contribution in [0.25, 0.3) is 0 Å². The molecular weight excluding hydrogens is 240 g/mol. The van der Waals surface area contributed by atoms with Crippen molar-refractivity contribution in [3.63, 3.8) is 0 Å². The average Bonchev–Trinajstić information content (AvgIpc) is 2.88. The lowest BCUT2D eigenvalue weighted by molar-refractivity contribution is 0.0782. The van der Waals surface area contributed by atoms with Crippen LogP contribution < -0.4 is 5.32 Å². The number of rotatable bonds is 5. The van der Waals surface area contributed by atoms with Crippen LogP contribution in [0.3, 0.4) is 0 Å². The lowest BCUT2D eigenvalue weighted by Gasteiger charge is -2.18. The third-order valence-corrected chi connectivity index (χ3v) is 3.61. The maximum atomic E-state index is 12.5. The van der Waals surface area contributed by atoms with Crippen LogP contribution in [0.5, 0.6) is 0 Å². The first-order valence-electron chi connectivity index (χ1n) is 6.77. The first-order valence-corrected chi connectivity index (χ1v) is 6.77. The Morgan fingerprint density at radius 1 is 1.47 bits per heavy atom. The molecule has 1 heterocycles. The molecule has 0 saturated carbocycles. The van der Waals surface area contributed by atoms with Crippen molar-refractivity contribution >= 4 is 5.91 Å². The molecule has 4 nitrogen and oxygen atoms in total. The number of hydrogen-bond donors (Lipinski definition) is 1. The van der Waals surface area contributed by atoms with Crippen LogP contribution in [-0.4, -0.2) is 44.6 Å². The van der Waals surface area contributed by atoms with Gasteiger partial charge in [0.15, 0.2) is 0 Å². The molecular formula is C15H22N2O2. The van der Waals surface area contributed by atoms with Crippen LogP contribution >= 0.6 is 0 Å². The Morgan fingerprint density at radius 3 is 3.00 bits per heavy atom. The van der Waals surface area contributed by atoms with Gasteiger partial charge >= 0.3 is 0 Å². The number of nitrogens with one attached hydrogen (secondary N) is 1. The maximum absolute atomic E-state index is 12.5. The van der Waals surface area contributed by atoms with Crippen molar-refractivity contribution in [3.05, 3.63) is 35.4 Å². The number of amides is 1. The van der Waals surface area contributed by atoms with Crippen molar-refractivity contribution in [1.82, 2.24) is 10.2 Å². The molecule has 104 valence electrons. The number of benzene rings is 1. The predicted molar refractivity (Wildman–Crippen MR) is 75.1 cm³/mol. The summed E-state index contributed by atoms with van der Waals surface area (Å²) in [6, 6.07) is 7.70. The van der Waals surface area contributed by atoms with Gasteiger partial charge in [0.1, 0.15) is 0 Å². The van der Waals surface area contributed by atoms with E-state index in [-0.39, 0.29) is 5.91 Å². The minimum atomic E-state index is 0.131. The zero-order valence-corrected chi connectivity index (χ0v) is 11.7. The van der Waals surface area contributed by atoms with Crippen molar-refractivity contribution in [3.8, 4) is 0 Å². The van der Waals surface area contributed by atoms with Crippen LogP contribution in [0.15, 0.2) is 24.3 Å². The van der Waals surface area contributed by atoms with Crippen LogP contribution in [0.1, 0.15) is 22.3 Å². The Bertz CT molecular complexity index is 434. The quantitative estimate of drug-likeness (QED) is 0.874. The van der Waals surface area contributed by atoms with Gasteiger partial charge in [-0.1, -0.05) is 18.2 Å². The van der Waals surface area contributed by atoms with Gasteiger partial charge in [0, 0.05) is 25.8 Å². The zero-order chi connectivity index (χ0) is 13.7. The van der Waals surface area contributed by atoms with E-state index in [0.29, 0.717) is 12.5 Å². The number of likely N-dealkylation sites (tertiary alicyclic amines) is 1. The highest BCUT2D eigenvalue weighted by Crippen LogP contribution is 2.20. The number of methoxy groups -OCH3 is 1. The molecule has 0 aromatic heterocycles.